The van der Waals surface area contributed by atoms with Crippen LogP contribution in [0, 0.1) is 0 Å². The van der Waals surface area contributed by atoms with Crippen LogP contribution in [-0.4, -0.2) is 32.6 Å². The molecule has 108 valence electrons. The molecule has 0 atom stereocenters. The highest BCUT2D eigenvalue weighted by Crippen LogP contribution is 2.29. The average Bonchev–Trinajstić information content (AvgIpc) is 2.48. The molecule has 1 heterocycles. The van der Waals surface area contributed by atoms with E-state index in [1.54, 1.807) is 25.5 Å². The normalized spacial score (nSPS) is 17.6. The van der Waals surface area contributed by atoms with E-state index < -0.39 is 0 Å². The van der Waals surface area contributed by atoms with E-state index in [1.165, 1.54) is 0 Å². The first-order valence-corrected chi connectivity index (χ1v) is 6.72. The molecule has 0 radical (unpaired) electrons. The molecule has 0 aliphatic carbocycles. The zero-order chi connectivity index (χ0) is 14.4. The van der Waals surface area contributed by atoms with Crippen LogP contribution in [0.15, 0.2) is 29.3 Å². The fraction of sp³-hybridized carbons (Fsp3) is 0.400. The Bertz CT molecular complexity index is 506. The number of nitrogen functional groups attached to an aromatic ring is 1. The van der Waals surface area contributed by atoms with Crippen molar-refractivity contribution in [3.05, 3.63) is 29.8 Å². The van der Waals surface area contributed by atoms with Gasteiger partial charge in [-0.3, -0.25) is 4.99 Å². The zero-order valence-electron chi connectivity index (χ0n) is 11.7. The van der Waals surface area contributed by atoms with Crippen LogP contribution in [0.3, 0.4) is 0 Å². The number of ether oxygens (including phenoxy) is 2. The smallest absolute Gasteiger partial charge is 0.151 e. The Morgan fingerprint density at radius 1 is 1.40 bits per heavy atom. The van der Waals surface area contributed by atoms with E-state index in [4.69, 9.17) is 20.9 Å². The average molecular weight is 275 g/mol. The molecule has 1 aromatic carbocycles. The second kappa shape index (κ2) is 6.96. The van der Waals surface area contributed by atoms with Crippen LogP contribution >= 0.6 is 0 Å². The summed E-state index contributed by atoms with van der Waals surface area (Å²) < 4.78 is 10.6. The summed E-state index contributed by atoms with van der Waals surface area (Å²) in [5, 5.41) is 0. The van der Waals surface area contributed by atoms with Crippen molar-refractivity contribution >= 4 is 17.6 Å². The molecule has 1 fully saturated rings. The second-order valence-corrected chi connectivity index (χ2v) is 4.69. The van der Waals surface area contributed by atoms with E-state index in [2.05, 4.69) is 4.99 Å². The highest BCUT2D eigenvalue weighted by Gasteiger charge is 2.11. The minimum absolute atomic E-state index is 0.329. The van der Waals surface area contributed by atoms with Gasteiger partial charge >= 0.3 is 0 Å². The monoisotopic (exact) mass is 275 g/mol. The first-order valence-electron chi connectivity index (χ1n) is 6.72. The van der Waals surface area contributed by atoms with Gasteiger partial charge in [-0.25, -0.2) is 0 Å². The molecule has 1 aliphatic rings. The minimum Gasteiger partial charge on any atom is -0.494 e. The van der Waals surface area contributed by atoms with Gasteiger partial charge < -0.3 is 20.9 Å². The topological polar surface area (TPSA) is 82.9 Å². The van der Waals surface area contributed by atoms with Crippen molar-refractivity contribution in [1.29, 1.82) is 0 Å². The third-order valence-electron chi connectivity index (χ3n) is 3.30. The van der Waals surface area contributed by atoms with Crippen molar-refractivity contribution in [2.45, 2.75) is 18.9 Å². The number of hydrogen-bond donors (Lipinski definition) is 2. The number of allylic oxidation sites excluding steroid dienone is 1. The van der Waals surface area contributed by atoms with Gasteiger partial charge in [0, 0.05) is 30.7 Å². The number of benzene rings is 1. The van der Waals surface area contributed by atoms with Crippen LogP contribution in [0.4, 0.5) is 5.69 Å². The molecule has 1 aromatic rings. The molecule has 0 spiro atoms. The maximum atomic E-state index is 6.07. The molecule has 0 amide bonds. The third-order valence-corrected chi connectivity index (χ3v) is 3.30. The summed E-state index contributed by atoms with van der Waals surface area (Å²) in [6.45, 7) is 1.56. The Kier molecular flexibility index (Phi) is 5.01. The standard InChI is InChI=1S/C15H21N3O2/c1-19-15-12(3-2-4-14(15)17)13(16)5-8-18-11-6-9-20-10-7-11/h2-5,8,11H,6-7,9-10,16-17H2,1H3/b13-5-,18-8?. The fourth-order valence-electron chi connectivity index (χ4n) is 2.18. The Morgan fingerprint density at radius 2 is 2.15 bits per heavy atom. The number of rotatable bonds is 4. The quantitative estimate of drug-likeness (QED) is 0.648. The van der Waals surface area contributed by atoms with Crippen LogP contribution in [0.1, 0.15) is 18.4 Å². The lowest BCUT2D eigenvalue weighted by atomic mass is 10.1. The first kappa shape index (κ1) is 14.4. The molecule has 0 unspecified atom stereocenters. The largest absolute Gasteiger partial charge is 0.494 e. The van der Waals surface area contributed by atoms with Gasteiger partial charge in [0.15, 0.2) is 5.75 Å². The van der Waals surface area contributed by atoms with E-state index in [0.29, 0.717) is 23.2 Å². The van der Waals surface area contributed by atoms with Crippen molar-refractivity contribution in [2.24, 2.45) is 10.7 Å². The summed E-state index contributed by atoms with van der Waals surface area (Å²) in [6.07, 6.45) is 5.47. The van der Waals surface area contributed by atoms with Crippen LogP contribution in [0.25, 0.3) is 5.70 Å². The molecular weight excluding hydrogens is 254 g/mol. The van der Waals surface area contributed by atoms with Crippen LogP contribution < -0.4 is 16.2 Å². The van der Waals surface area contributed by atoms with Gasteiger partial charge in [-0.2, -0.15) is 0 Å². The molecule has 1 saturated heterocycles. The summed E-state index contributed by atoms with van der Waals surface area (Å²) in [7, 11) is 1.58. The zero-order valence-corrected chi connectivity index (χ0v) is 11.7. The third kappa shape index (κ3) is 3.51. The Labute approximate surface area is 119 Å². The lowest BCUT2D eigenvalue weighted by Crippen LogP contribution is -2.18. The maximum absolute atomic E-state index is 6.07. The highest BCUT2D eigenvalue weighted by atomic mass is 16.5. The number of nitrogens with two attached hydrogens (primary N) is 2. The van der Waals surface area contributed by atoms with Crippen LogP contribution in [0.2, 0.25) is 0 Å². The van der Waals surface area contributed by atoms with Crippen LogP contribution in [-0.2, 0) is 4.74 Å². The molecule has 5 heteroatoms. The predicted octanol–water partition coefficient (Wildman–Crippen LogP) is 1.83. The molecule has 5 nitrogen and oxygen atoms in total. The van der Waals surface area contributed by atoms with Gasteiger partial charge in [0.1, 0.15) is 0 Å². The number of methoxy groups -OCH3 is 1. The SMILES string of the molecule is COc1c(N)cccc1/C(N)=C/C=NC1CCOCC1. The van der Waals surface area contributed by atoms with E-state index >= 15 is 0 Å². The summed E-state index contributed by atoms with van der Waals surface area (Å²) in [5.41, 5.74) is 13.9. The van der Waals surface area contributed by atoms with Gasteiger partial charge in [0.25, 0.3) is 0 Å². The van der Waals surface area contributed by atoms with Crippen LogP contribution in [0.5, 0.6) is 5.75 Å². The molecular formula is C15H21N3O2. The van der Waals surface area contributed by atoms with Crippen molar-refractivity contribution in [3.8, 4) is 5.75 Å². The molecule has 0 saturated carbocycles. The molecule has 20 heavy (non-hydrogen) atoms. The Morgan fingerprint density at radius 3 is 2.85 bits per heavy atom. The lowest BCUT2D eigenvalue weighted by molar-refractivity contribution is 0.0872. The van der Waals surface area contributed by atoms with Gasteiger partial charge in [-0.05, 0) is 31.1 Å². The Balaban J connectivity index is 2.10. The van der Waals surface area contributed by atoms with Gasteiger partial charge in [-0.1, -0.05) is 6.07 Å². The molecule has 0 bridgehead atoms. The molecule has 4 N–H and O–H groups in total. The summed E-state index contributed by atoms with van der Waals surface area (Å²) in [5.74, 6) is 0.598. The van der Waals surface area contributed by atoms with Gasteiger partial charge in [0.05, 0.1) is 18.8 Å². The summed E-state index contributed by atoms with van der Waals surface area (Å²) in [6, 6.07) is 5.84. The molecule has 0 aromatic heterocycles. The van der Waals surface area contributed by atoms with Gasteiger partial charge in [-0.15, -0.1) is 0 Å². The van der Waals surface area contributed by atoms with Crippen molar-refractivity contribution in [1.82, 2.24) is 0 Å². The summed E-state index contributed by atoms with van der Waals surface area (Å²) >= 11 is 0. The number of para-hydroxylation sites is 1. The van der Waals surface area contributed by atoms with Crippen molar-refractivity contribution in [2.75, 3.05) is 26.1 Å². The number of aliphatic imine (C=N–C) groups is 1. The predicted molar refractivity (Wildman–Crippen MR) is 81.9 cm³/mol. The van der Waals surface area contributed by atoms with Crippen molar-refractivity contribution in [3.63, 3.8) is 0 Å². The van der Waals surface area contributed by atoms with Gasteiger partial charge in [0.2, 0.25) is 0 Å². The number of anilines is 1. The molecule has 1 aliphatic heterocycles. The first-order chi connectivity index (χ1) is 9.72. The van der Waals surface area contributed by atoms with E-state index in [9.17, 15) is 0 Å². The number of nitrogens with zero attached hydrogens (tertiary/aromatic N) is 1. The fourth-order valence-corrected chi connectivity index (χ4v) is 2.18. The second-order valence-electron chi connectivity index (χ2n) is 4.69. The minimum atomic E-state index is 0.329. The Hall–Kier alpha value is -2.01. The molecule has 2 rings (SSSR count). The van der Waals surface area contributed by atoms with E-state index in [-0.39, 0.29) is 0 Å². The van der Waals surface area contributed by atoms with E-state index in [0.717, 1.165) is 31.6 Å². The highest BCUT2D eigenvalue weighted by molar-refractivity contribution is 5.86. The van der Waals surface area contributed by atoms with E-state index in [1.807, 2.05) is 12.1 Å². The maximum Gasteiger partial charge on any atom is 0.151 e. The summed E-state index contributed by atoms with van der Waals surface area (Å²) in [4.78, 5) is 4.49. The lowest BCUT2D eigenvalue weighted by Gasteiger charge is -2.17. The number of hydrogen-bond acceptors (Lipinski definition) is 5. The van der Waals surface area contributed by atoms with Crippen molar-refractivity contribution < 1.29 is 9.47 Å².